The monoisotopic (exact) mass is 624 g/mol. The Kier molecular flexibility index (Phi) is 11.8. The Hall–Kier alpha value is -5.52. The molecule has 6 N–H and O–H groups in total. The van der Waals surface area contributed by atoms with E-state index in [1.165, 1.54) is 54.6 Å². The quantitative estimate of drug-likeness (QED) is 0.0772. The maximum absolute atomic E-state index is 9.59. The lowest BCUT2D eigenvalue weighted by Gasteiger charge is -2.14. The van der Waals surface area contributed by atoms with Crippen LogP contribution in [0, 0.1) is 0 Å². The van der Waals surface area contributed by atoms with Crippen LogP contribution in [0.3, 0.4) is 0 Å². The van der Waals surface area contributed by atoms with Crippen LogP contribution in [0.25, 0.3) is 0 Å². The summed E-state index contributed by atoms with van der Waals surface area (Å²) in [6, 6.07) is 17.3. The van der Waals surface area contributed by atoms with Crippen LogP contribution in [-0.2, 0) is 0 Å². The van der Waals surface area contributed by atoms with Crippen molar-refractivity contribution in [1.29, 1.82) is 0 Å². The van der Waals surface area contributed by atoms with E-state index in [1.54, 1.807) is 18.2 Å². The van der Waals surface area contributed by atoms with Gasteiger partial charge in [-0.15, -0.1) is 0 Å². The van der Waals surface area contributed by atoms with E-state index in [2.05, 4.69) is 0 Å². The summed E-state index contributed by atoms with van der Waals surface area (Å²) < 4.78 is 34.4. The Balaban J connectivity index is 1.27. The molecule has 0 bridgehead atoms. The molecule has 0 aliphatic carbocycles. The first-order valence-corrected chi connectivity index (χ1v) is 14.2. The highest BCUT2D eigenvalue weighted by atomic mass is 16.5. The van der Waals surface area contributed by atoms with E-state index in [0.29, 0.717) is 73.6 Å². The summed E-state index contributed by atoms with van der Waals surface area (Å²) in [5.74, 6) is 1.97. The summed E-state index contributed by atoms with van der Waals surface area (Å²) in [4.78, 5) is 0. The third-order valence-corrected chi connectivity index (χ3v) is 5.96. The molecule has 12 heteroatoms. The van der Waals surface area contributed by atoms with Gasteiger partial charge >= 0.3 is 0 Å². The lowest BCUT2D eigenvalue weighted by atomic mass is 10.3. The third-order valence-electron chi connectivity index (χ3n) is 5.96. The van der Waals surface area contributed by atoms with Gasteiger partial charge in [-0.05, 0) is 0 Å². The number of benzene rings is 4. The average Bonchev–Trinajstić information content (AvgIpc) is 2.95. The molecule has 45 heavy (non-hydrogen) atoms. The van der Waals surface area contributed by atoms with Crippen LogP contribution in [0.1, 0.15) is 19.3 Å². The third kappa shape index (κ3) is 11.6. The number of aromatic hydroxyl groups is 6. The molecule has 0 unspecified atom stereocenters. The smallest absolute Gasteiger partial charge is 0.126 e. The Morgan fingerprint density at radius 3 is 0.644 bits per heavy atom. The predicted molar refractivity (Wildman–Crippen MR) is 163 cm³/mol. The molecular weight excluding hydrogens is 588 g/mol. The molecule has 0 aliphatic rings. The molecule has 4 rings (SSSR count). The van der Waals surface area contributed by atoms with Crippen LogP contribution in [0.4, 0.5) is 0 Å². The summed E-state index contributed by atoms with van der Waals surface area (Å²) in [6.07, 6.45) is 1.55. The molecule has 0 amide bonds. The summed E-state index contributed by atoms with van der Waals surface area (Å²) in [6.45, 7) is 1.79. The molecular formula is C33H36O12. The Morgan fingerprint density at radius 2 is 0.444 bits per heavy atom. The first-order chi connectivity index (χ1) is 21.7. The highest BCUT2D eigenvalue weighted by molar-refractivity contribution is 5.43. The van der Waals surface area contributed by atoms with E-state index in [-0.39, 0.29) is 54.3 Å². The summed E-state index contributed by atoms with van der Waals surface area (Å²) in [5.41, 5.74) is 0. The molecule has 0 fully saturated rings. The van der Waals surface area contributed by atoms with Crippen LogP contribution < -0.4 is 28.4 Å². The zero-order valence-corrected chi connectivity index (χ0v) is 24.4. The van der Waals surface area contributed by atoms with Crippen molar-refractivity contribution in [3.05, 3.63) is 72.8 Å². The van der Waals surface area contributed by atoms with Crippen molar-refractivity contribution in [2.24, 2.45) is 0 Å². The number of phenolic OH excluding ortho intramolecular Hbond substituents is 6. The number of rotatable bonds is 18. The fourth-order valence-electron chi connectivity index (χ4n) is 4.07. The largest absolute Gasteiger partial charge is 0.508 e. The fraction of sp³-hybridized carbons (Fsp3) is 0.273. The molecule has 0 saturated heterocycles. The number of hydrogen-bond acceptors (Lipinski definition) is 12. The second-order valence-electron chi connectivity index (χ2n) is 9.85. The van der Waals surface area contributed by atoms with Gasteiger partial charge in [-0.3, -0.25) is 0 Å². The van der Waals surface area contributed by atoms with E-state index < -0.39 is 0 Å². The van der Waals surface area contributed by atoms with Crippen LogP contribution >= 0.6 is 0 Å². The van der Waals surface area contributed by atoms with Crippen molar-refractivity contribution in [2.75, 3.05) is 39.6 Å². The van der Waals surface area contributed by atoms with Crippen molar-refractivity contribution in [1.82, 2.24) is 0 Å². The van der Waals surface area contributed by atoms with Gasteiger partial charge in [-0.2, -0.15) is 0 Å². The van der Waals surface area contributed by atoms with Crippen molar-refractivity contribution in [3.63, 3.8) is 0 Å². The first-order valence-electron chi connectivity index (χ1n) is 14.2. The standard InChI is InChI=1S/C33H36O12/c34-22-10-23(35)14-28(13-22)40-4-1-7-43-31-19-32(44-8-2-5-41-29-15-24(36)11-25(37)16-29)21-33(20-31)45-9-3-6-42-30-17-26(38)12-27(39)18-30/h10-21,34-39H,1-9H2. The van der Waals surface area contributed by atoms with Gasteiger partial charge in [0.15, 0.2) is 0 Å². The second-order valence-corrected chi connectivity index (χ2v) is 9.85. The fourth-order valence-corrected chi connectivity index (χ4v) is 4.07. The van der Waals surface area contributed by atoms with Gasteiger partial charge < -0.3 is 59.1 Å². The highest BCUT2D eigenvalue weighted by Gasteiger charge is 2.08. The van der Waals surface area contributed by atoms with E-state index in [4.69, 9.17) is 28.4 Å². The maximum Gasteiger partial charge on any atom is 0.126 e. The van der Waals surface area contributed by atoms with Gasteiger partial charge in [-0.1, -0.05) is 0 Å². The SMILES string of the molecule is Oc1cc(O)cc(OCCCOc2cc(OCCCOc3cc(O)cc(O)c3)cc(OCCCOc3cc(O)cc(O)c3)c2)c1. The normalized spacial score (nSPS) is 10.7. The molecule has 4 aromatic rings. The number of ether oxygens (including phenoxy) is 6. The molecule has 0 heterocycles. The Morgan fingerprint density at radius 1 is 0.267 bits per heavy atom. The van der Waals surface area contributed by atoms with Crippen LogP contribution in [0.5, 0.6) is 69.0 Å². The molecule has 0 atom stereocenters. The van der Waals surface area contributed by atoms with E-state index >= 15 is 0 Å². The zero-order chi connectivity index (χ0) is 32.0. The highest BCUT2D eigenvalue weighted by Crippen LogP contribution is 2.30. The van der Waals surface area contributed by atoms with Crippen LogP contribution in [0.2, 0.25) is 0 Å². The summed E-state index contributed by atoms with van der Waals surface area (Å²) >= 11 is 0. The summed E-state index contributed by atoms with van der Waals surface area (Å²) in [7, 11) is 0. The van der Waals surface area contributed by atoms with Gasteiger partial charge in [0.1, 0.15) is 69.0 Å². The molecule has 0 saturated carbocycles. The topological polar surface area (TPSA) is 177 Å². The molecule has 4 aromatic carbocycles. The molecule has 0 spiro atoms. The molecule has 240 valence electrons. The van der Waals surface area contributed by atoms with Gasteiger partial charge in [-0.25, -0.2) is 0 Å². The number of phenols is 6. The summed E-state index contributed by atoms with van der Waals surface area (Å²) in [5, 5.41) is 57.5. The molecule has 0 aliphatic heterocycles. The zero-order valence-electron chi connectivity index (χ0n) is 24.4. The minimum Gasteiger partial charge on any atom is -0.508 e. The van der Waals surface area contributed by atoms with E-state index in [1.807, 2.05) is 0 Å². The number of hydrogen-bond donors (Lipinski definition) is 6. The lowest BCUT2D eigenvalue weighted by Crippen LogP contribution is -2.08. The van der Waals surface area contributed by atoms with Crippen molar-refractivity contribution in [2.45, 2.75) is 19.3 Å². The maximum atomic E-state index is 9.59. The van der Waals surface area contributed by atoms with E-state index in [0.717, 1.165) is 0 Å². The Bertz CT molecular complexity index is 1270. The van der Waals surface area contributed by atoms with Gasteiger partial charge in [0.25, 0.3) is 0 Å². The van der Waals surface area contributed by atoms with Gasteiger partial charge in [0, 0.05) is 92.1 Å². The molecule has 0 radical (unpaired) electrons. The first kappa shape index (κ1) is 32.4. The van der Waals surface area contributed by atoms with Gasteiger partial charge in [0.2, 0.25) is 0 Å². The van der Waals surface area contributed by atoms with Crippen molar-refractivity contribution >= 4 is 0 Å². The average molecular weight is 625 g/mol. The van der Waals surface area contributed by atoms with E-state index in [9.17, 15) is 30.6 Å². The second kappa shape index (κ2) is 16.4. The van der Waals surface area contributed by atoms with Crippen molar-refractivity contribution < 1.29 is 59.1 Å². The minimum absolute atomic E-state index is 0.0963. The van der Waals surface area contributed by atoms with Crippen LogP contribution in [0.15, 0.2) is 72.8 Å². The molecule has 12 nitrogen and oxygen atoms in total. The minimum atomic E-state index is -0.0963. The molecule has 0 aromatic heterocycles. The van der Waals surface area contributed by atoms with Crippen molar-refractivity contribution in [3.8, 4) is 69.0 Å². The predicted octanol–water partition coefficient (Wildman–Crippen LogP) is 5.46. The van der Waals surface area contributed by atoms with Gasteiger partial charge in [0.05, 0.1) is 39.6 Å². The Labute approximate surface area is 259 Å². The lowest BCUT2D eigenvalue weighted by molar-refractivity contribution is 0.232. The van der Waals surface area contributed by atoms with Crippen LogP contribution in [-0.4, -0.2) is 70.3 Å².